The second-order valence-corrected chi connectivity index (χ2v) is 7.41. The largest absolute Gasteiger partial charge is 0.368 e. The molecule has 2 heterocycles. The van der Waals surface area contributed by atoms with Crippen molar-refractivity contribution in [1.82, 2.24) is 14.8 Å². The van der Waals surface area contributed by atoms with Crippen molar-refractivity contribution in [3.8, 4) is 5.69 Å². The minimum absolute atomic E-state index is 0.0287. The fourth-order valence-electron chi connectivity index (χ4n) is 3.68. The van der Waals surface area contributed by atoms with E-state index in [4.69, 9.17) is 0 Å². The lowest BCUT2D eigenvalue weighted by molar-refractivity contribution is -0.133. The van der Waals surface area contributed by atoms with Crippen molar-refractivity contribution < 1.29 is 9.59 Å². The molecule has 0 spiro atoms. The van der Waals surface area contributed by atoms with Gasteiger partial charge in [0.25, 0.3) is 0 Å². The van der Waals surface area contributed by atoms with E-state index in [2.05, 4.69) is 22.3 Å². The van der Waals surface area contributed by atoms with Crippen LogP contribution in [0.1, 0.15) is 5.56 Å². The van der Waals surface area contributed by atoms with Crippen LogP contribution in [0, 0.1) is 0 Å². The maximum atomic E-state index is 12.5. The summed E-state index contributed by atoms with van der Waals surface area (Å²) >= 11 is 0. The van der Waals surface area contributed by atoms with Crippen LogP contribution in [0.3, 0.4) is 0 Å². The molecule has 0 bridgehead atoms. The second-order valence-electron chi connectivity index (χ2n) is 7.41. The van der Waals surface area contributed by atoms with E-state index in [9.17, 15) is 9.59 Å². The monoisotopic (exact) mass is 402 g/mol. The van der Waals surface area contributed by atoms with E-state index in [-0.39, 0.29) is 24.8 Å². The van der Waals surface area contributed by atoms with E-state index in [1.165, 1.54) is 5.69 Å². The van der Waals surface area contributed by atoms with Crippen LogP contribution in [0.4, 0.5) is 5.69 Å². The molecule has 0 radical (unpaired) electrons. The Hall–Kier alpha value is -3.54. The Bertz CT molecular complexity index is 960. The summed E-state index contributed by atoms with van der Waals surface area (Å²) < 4.78 is 2.01. The van der Waals surface area contributed by atoms with Crippen LogP contribution < -0.4 is 10.2 Å². The lowest BCUT2D eigenvalue weighted by Gasteiger charge is -2.36. The van der Waals surface area contributed by atoms with Gasteiger partial charge in [0.1, 0.15) is 0 Å². The molecule has 6 heteroatoms. The van der Waals surface area contributed by atoms with Gasteiger partial charge in [0.15, 0.2) is 0 Å². The molecule has 154 valence electrons. The van der Waals surface area contributed by atoms with Gasteiger partial charge in [-0.15, -0.1) is 0 Å². The van der Waals surface area contributed by atoms with Crippen molar-refractivity contribution in [2.24, 2.45) is 0 Å². The lowest BCUT2D eigenvalue weighted by Crippen LogP contribution is -2.51. The van der Waals surface area contributed by atoms with Gasteiger partial charge in [-0.1, -0.05) is 30.3 Å². The molecule has 0 unspecified atom stereocenters. The number of rotatable bonds is 6. The normalized spacial score (nSPS) is 13.9. The molecule has 2 amide bonds. The van der Waals surface area contributed by atoms with Gasteiger partial charge < -0.3 is 19.7 Å². The number of carbonyl (C=O) groups excluding carboxylic acids is 2. The fraction of sp³-hybridized carbons (Fsp3) is 0.250. The van der Waals surface area contributed by atoms with Gasteiger partial charge in [0.05, 0.1) is 13.0 Å². The van der Waals surface area contributed by atoms with Crippen LogP contribution in [-0.2, 0) is 16.0 Å². The van der Waals surface area contributed by atoms with Gasteiger partial charge in [0.2, 0.25) is 11.8 Å². The number of anilines is 1. The van der Waals surface area contributed by atoms with Crippen LogP contribution in [0.5, 0.6) is 0 Å². The van der Waals surface area contributed by atoms with Crippen LogP contribution in [0.15, 0.2) is 79.1 Å². The maximum Gasteiger partial charge on any atom is 0.242 e. The second kappa shape index (κ2) is 9.31. The predicted molar refractivity (Wildman–Crippen MR) is 118 cm³/mol. The van der Waals surface area contributed by atoms with Gasteiger partial charge in [-0.3, -0.25) is 9.59 Å². The van der Waals surface area contributed by atoms with Gasteiger partial charge in [0, 0.05) is 49.9 Å². The van der Waals surface area contributed by atoms with Crippen molar-refractivity contribution in [1.29, 1.82) is 0 Å². The SMILES string of the molecule is O=C(Cc1ccc(-n2cccc2)cc1)NCC(=O)N1CCN(c2ccccc2)CC1. The molecular formula is C24H26N4O2. The first-order chi connectivity index (χ1) is 14.7. The number of nitrogens with zero attached hydrogens (tertiary/aromatic N) is 3. The minimum atomic E-state index is -0.139. The molecule has 1 aliphatic heterocycles. The zero-order chi connectivity index (χ0) is 20.8. The van der Waals surface area contributed by atoms with Gasteiger partial charge in [-0.2, -0.15) is 0 Å². The van der Waals surface area contributed by atoms with Gasteiger partial charge >= 0.3 is 0 Å². The molecular weight excluding hydrogens is 376 g/mol. The molecule has 1 aromatic heterocycles. The Morgan fingerprint density at radius 3 is 2.10 bits per heavy atom. The van der Waals surface area contributed by atoms with Crippen molar-refractivity contribution in [2.45, 2.75) is 6.42 Å². The third-order valence-electron chi connectivity index (χ3n) is 5.39. The zero-order valence-electron chi connectivity index (χ0n) is 16.9. The van der Waals surface area contributed by atoms with E-state index in [1.807, 2.05) is 76.5 Å². The number of carbonyl (C=O) groups is 2. The minimum Gasteiger partial charge on any atom is -0.368 e. The molecule has 1 N–H and O–H groups in total. The van der Waals surface area contributed by atoms with Crippen LogP contribution in [0.25, 0.3) is 5.69 Å². The summed E-state index contributed by atoms with van der Waals surface area (Å²) in [6.45, 7) is 3.00. The summed E-state index contributed by atoms with van der Waals surface area (Å²) in [6.07, 6.45) is 4.22. The van der Waals surface area contributed by atoms with Gasteiger partial charge in [-0.05, 0) is 42.0 Å². The Labute approximate surface area is 176 Å². The average Bonchev–Trinajstić information content (AvgIpc) is 3.34. The molecule has 30 heavy (non-hydrogen) atoms. The molecule has 3 aromatic rings. The first kappa shape index (κ1) is 19.8. The molecule has 6 nitrogen and oxygen atoms in total. The number of aromatic nitrogens is 1. The topological polar surface area (TPSA) is 57.6 Å². The Kier molecular flexibility index (Phi) is 6.13. The van der Waals surface area contributed by atoms with Crippen LogP contribution >= 0.6 is 0 Å². The number of piperazine rings is 1. The van der Waals surface area contributed by atoms with E-state index < -0.39 is 0 Å². The predicted octanol–water partition coefficient (Wildman–Crippen LogP) is 2.48. The summed E-state index contributed by atoms with van der Waals surface area (Å²) in [5, 5.41) is 2.76. The third-order valence-corrected chi connectivity index (χ3v) is 5.39. The summed E-state index contributed by atoms with van der Waals surface area (Å²) in [5.74, 6) is -0.168. The zero-order valence-corrected chi connectivity index (χ0v) is 16.9. The smallest absolute Gasteiger partial charge is 0.242 e. The number of hydrogen-bond acceptors (Lipinski definition) is 3. The van der Waals surface area contributed by atoms with Crippen LogP contribution in [0.2, 0.25) is 0 Å². The molecule has 0 saturated carbocycles. The molecule has 4 rings (SSSR count). The highest BCUT2D eigenvalue weighted by atomic mass is 16.2. The first-order valence-corrected chi connectivity index (χ1v) is 10.3. The van der Waals surface area contributed by atoms with Crippen LogP contribution in [-0.4, -0.2) is 54.0 Å². The average molecular weight is 402 g/mol. The summed E-state index contributed by atoms with van der Waals surface area (Å²) in [4.78, 5) is 28.8. The highest BCUT2D eigenvalue weighted by Crippen LogP contribution is 2.15. The van der Waals surface area contributed by atoms with E-state index in [0.717, 1.165) is 24.3 Å². The summed E-state index contributed by atoms with van der Waals surface area (Å²) in [5.41, 5.74) is 3.15. The lowest BCUT2D eigenvalue weighted by atomic mass is 10.1. The van der Waals surface area contributed by atoms with Gasteiger partial charge in [-0.25, -0.2) is 0 Å². The molecule has 2 aromatic carbocycles. The van der Waals surface area contributed by atoms with Crippen molar-refractivity contribution in [3.05, 3.63) is 84.7 Å². The highest BCUT2D eigenvalue weighted by molar-refractivity contribution is 5.86. The quantitative estimate of drug-likeness (QED) is 0.689. The molecule has 1 aliphatic rings. The molecule has 1 saturated heterocycles. The van der Waals surface area contributed by atoms with E-state index in [1.54, 1.807) is 0 Å². The summed E-state index contributed by atoms with van der Waals surface area (Å²) in [7, 11) is 0. The number of para-hydroxylation sites is 1. The molecule has 0 aliphatic carbocycles. The van der Waals surface area contributed by atoms with Crippen molar-refractivity contribution in [2.75, 3.05) is 37.6 Å². The van der Waals surface area contributed by atoms with Crippen molar-refractivity contribution in [3.63, 3.8) is 0 Å². The molecule has 0 atom stereocenters. The number of amides is 2. The highest BCUT2D eigenvalue weighted by Gasteiger charge is 2.21. The van der Waals surface area contributed by atoms with E-state index in [0.29, 0.717) is 13.1 Å². The first-order valence-electron chi connectivity index (χ1n) is 10.3. The fourth-order valence-corrected chi connectivity index (χ4v) is 3.68. The Morgan fingerprint density at radius 2 is 1.43 bits per heavy atom. The van der Waals surface area contributed by atoms with Crippen molar-refractivity contribution >= 4 is 17.5 Å². The number of benzene rings is 2. The number of nitrogens with one attached hydrogen (secondary N) is 1. The summed E-state index contributed by atoms with van der Waals surface area (Å²) in [6, 6.07) is 22.0. The number of hydrogen-bond donors (Lipinski definition) is 1. The molecule has 1 fully saturated rings. The van der Waals surface area contributed by atoms with E-state index >= 15 is 0 Å². The standard InChI is InChI=1S/C24H26N4O2/c29-23(18-20-8-10-22(11-9-20)26-12-4-5-13-26)25-19-24(30)28-16-14-27(15-17-28)21-6-2-1-3-7-21/h1-13H,14-19H2,(H,25,29). The Morgan fingerprint density at radius 1 is 0.767 bits per heavy atom. The third kappa shape index (κ3) is 4.89. The maximum absolute atomic E-state index is 12.5. The Balaban J connectivity index is 1.21.